The summed E-state index contributed by atoms with van der Waals surface area (Å²) >= 11 is 1.58. The van der Waals surface area contributed by atoms with E-state index < -0.39 is 16.1 Å². The number of aromatic nitrogens is 1. The van der Waals surface area contributed by atoms with Crippen LogP contribution in [0.25, 0.3) is 10.6 Å². The van der Waals surface area contributed by atoms with Gasteiger partial charge in [-0.1, -0.05) is 36.4 Å². The normalized spacial score (nSPS) is 16.9. The summed E-state index contributed by atoms with van der Waals surface area (Å²) in [5.74, 6) is -0.242. The molecule has 1 aliphatic heterocycles. The Morgan fingerprint density at radius 3 is 2.69 bits per heavy atom. The van der Waals surface area contributed by atoms with Crippen LogP contribution in [-0.4, -0.2) is 42.7 Å². The second-order valence-electron chi connectivity index (χ2n) is 8.07. The zero-order valence-corrected chi connectivity index (χ0v) is 19.9. The molecule has 2 heterocycles. The van der Waals surface area contributed by atoms with Gasteiger partial charge in [-0.25, -0.2) is 13.4 Å². The summed E-state index contributed by atoms with van der Waals surface area (Å²) in [7, 11) is -3.71. The highest BCUT2D eigenvalue weighted by Gasteiger charge is 2.39. The first kappa shape index (κ1) is 22.6. The summed E-state index contributed by atoms with van der Waals surface area (Å²) in [5.41, 5.74) is 3.95. The van der Waals surface area contributed by atoms with Crippen LogP contribution >= 0.6 is 11.3 Å². The van der Waals surface area contributed by atoms with E-state index in [4.69, 9.17) is 0 Å². The van der Waals surface area contributed by atoms with E-state index in [0.717, 1.165) is 27.4 Å². The van der Waals surface area contributed by atoms with Crippen LogP contribution in [0.5, 0.6) is 0 Å². The quantitative estimate of drug-likeness (QED) is 0.568. The number of carbonyl (C=O) groups is 1. The largest absolute Gasteiger partial charge is 0.354 e. The lowest BCUT2D eigenvalue weighted by molar-refractivity contribution is -0.124. The van der Waals surface area contributed by atoms with Gasteiger partial charge >= 0.3 is 0 Å². The number of benzene rings is 2. The minimum Gasteiger partial charge on any atom is -0.354 e. The maximum Gasteiger partial charge on any atom is 0.243 e. The lowest BCUT2D eigenvalue weighted by atomic mass is 10.1. The van der Waals surface area contributed by atoms with E-state index in [-0.39, 0.29) is 10.8 Å². The minimum atomic E-state index is -3.71. The van der Waals surface area contributed by atoms with Crippen molar-refractivity contribution in [3.8, 4) is 10.6 Å². The topological polar surface area (TPSA) is 79.4 Å². The molecule has 8 heteroatoms. The molecule has 1 amide bonds. The first-order chi connectivity index (χ1) is 15.4. The molecule has 0 bridgehead atoms. The molecule has 2 aromatic carbocycles. The summed E-state index contributed by atoms with van der Waals surface area (Å²) in [4.78, 5) is 17.7. The molecule has 168 valence electrons. The lowest BCUT2D eigenvalue weighted by Gasteiger charge is -2.23. The monoisotopic (exact) mass is 469 g/mol. The number of amides is 1. The maximum absolute atomic E-state index is 13.2. The van der Waals surface area contributed by atoms with Crippen molar-refractivity contribution in [2.24, 2.45) is 0 Å². The molecular weight excluding hydrogens is 442 g/mol. The van der Waals surface area contributed by atoms with Gasteiger partial charge < -0.3 is 5.32 Å². The van der Waals surface area contributed by atoms with Crippen molar-refractivity contribution in [3.05, 3.63) is 70.7 Å². The van der Waals surface area contributed by atoms with Gasteiger partial charge in [-0.15, -0.1) is 11.3 Å². The zero-order valence-electron chi connectivity index (χ0n) is 18.2. The second kappa shape index (κ2) is 9.52. The van der Waals surface area contributed by atoms with Gasteiger partial charge in [-0.2, -0.15) is 4.31 Å². The van der Waals surface area contributed by atoms with Crippen molar-refractivity contribution in [1.29, 1.82) is 0 Å². The first-order valence-corrected chi connectivity index (χ1v) is 13.0. The van der Waals surface area contributed by atoms with Crippen LogP contribution in [0.2, 0.25) is 0 Å². The van der Waals surface area contributed by atoms with E-state index in [2.05, 4.69) is 10.3 Å². The highest BCUT2D eigenvalue weighted by molar-refractivity contribution is 7.89. The van der Waals surface area contributed by atoms with Crippen LogP contribution in [0.4, 0.5) is 0 Å². The average molecular weight is 470 g/mol. The third-order valence-corrected chi connectivity index (χ3v) is 8.69. The van der Waals surface area contributed by atoms with Crippen LogP contribution in [0.15, 0.2) is 58.8 Å². The van der Waals surface area contributed by atoms with Gasteiger partial charge in [0.15, 0.2) is 0 Å². The summed E-state index contributed by atoms with van der Waals surface area (Å²) < 4.78 is 27.7. The molecule has 1 fully saturated rings. The molecular formula is C24H27N3O3S2. The molecule has 6 nitrogen and oxygen atoms in total. The van der Waals surface area contributed by atoms with Gasteiger partial charge in [0.25, 0.3) is 0 Å². The van der Waals surface area contributed by atoms with Gasteiger partial charge in [0.1, 0.15) is 11.0 Å². The number of thiazole rings is 1. The van der Waals surface area contributed by atoms with Crippen LogP contribution in [-0.2, 0) is 21.2 Å². The Hall–Kier alpha value is -2.55. The van der Waals surface area contributed by atoms with Crippen molar-refractivity contribution in [1.82, 2.24) is 14.6 Å². The van der Waals surface area contributed by atoms with E-state index in [9.17, 15) is 13.2 Å². The van der Waals surface area contributed by atoms with E-state index >= 15 is 0 Å². The Kier molecular flexibility index (Phi) is 6.74. The van der Waals surface area contributed by atoms with Gasteiger partial charge in [-0.3, -0.25) is 4.79 Å². The van der Waals surface area contributed by atoms with E-state index in [1.165, 1.54) is 4.31 Å². The number of sulfonamides is 1. The Balaban J connectivity index is 1.38. The number of nitrogens with one attached hydrogen (secondary N) is 1. The molecule has 1 aliphatic rings. The summed E-state index contributed by atoms with van der Waals surface area (Å²) in [5, 5.41) is 5.87. The highest BCUT2D eigenvalue weighted by Crippen LogP contribution is 2.27. The average Bonchev–Trinajstić information content (AvgIpc) is 3.46. The predicted molar refractivity (Wildman–Crippen MR) is 127 cm³/mol. The highest BCUT2D eigenvalue weighted by atomic mass is 32.2. The molecule has 1 atom stereocenters. The second-order valence-corrected chi connectivity index (χ2v) is 10.8. The molecule has 0 aliphatic carbocycles. The molecule has 3 aromatic rings. The molecule has 0 unspecified atom stereocenters. The van der Waals surface area contributed by atoms with Crippen molar-refractivity contribution in [2.45, 2.75) is 44.0 Å². The SMILES string of the molecule is Cc1ccc(S(=O)(=O)N2CCC[C@@H]2C(=O)NCCc2csc(-c3ccccc3)n2)cc1C. The third-order valence-electron chi connectivity index (χ3n) is 5.84. The van der Waals surface area contributed by atoms with E-state index in [1.54, 1.807) is 23.5 Å². The van der Waals surface area contributed by atoms with Crippen LogP contribution in [0.1, 0.15) is 29.7 Å². The third kappa shape index (κ3) is 4.77. The number of carbonyl (C=O) groups excluding carboxylic acids is 1. The molecule has 1 aromatic heterocycles. The number of hydrogen-bond donors (Lipinski definition) is 1. The number of nitrogens with zero attached hydrogens (tertiary/aromatic N) is 2. The van der Waals surface area contributed by atoms with Crippen LogP contribution < -0.4 is 5.32 Å². The fraction of sp³-hybridized carbons (Fsp3) is 0.333. The lowest BCUT2D eigenvalue weighted by Crippen LogP contribution is -2.46. The fourth-order valence-electron chi connectivity index (χ4n) is 3.87. The van der Waals surface area contributed by atoms with Gasteiger partial charge in [0.05, 0.1) is 10.6 Å². The number of aryl methyl sites for hydroxylation is 2. The van der Waals surface area contributed by atoms with Crippen molar-refractivity contribution < 1.29 is 13.2 Å². The predicted octanol–water partition coefficient (Wildman–Crippen LogP) is 3.94. The molecule has 1 N–H and O–H groups in total. The van der Waals surface area contributed by atoms with Crippen molar-refractivity contribution >= 4 is 27.3 Å². The molecule has 32 heavy (non-hydrogen) atoms. The smallest absolute Gasteiger partial charge is 0.243 e. The van der Waals surface area contributed by atoms with Crippen molar-refractivity contribution in [2.75, 3.05) is 13.1 Å². The number of hydrogen-bond acceptors (Lipinski definition) is 5. The summed E-state index contributed by atoms with van der Waals surface area (Å²) in [6.45, 7) is 4.62. The summed E-state index contributed by atoms with van der Waals surface area (Å²) in [6.07, 6.45) is 1.81. The molecule has 0 spiro atoms. The van der Waals surface area contributed by atoms with Gasteiger partial charge in [0.2, 0.25) is 15.9 Å². The van der Waals surface area contributed by atoms with Crippen LogP contribution in [0, 0.1) is 13.8 Å². The first-order valence-electron chi connectivity index (χ1n) is 10.7. The van der Waals surface area contributed by atoms with E-state index in [0.29, 0.717) is 32.4 Å². The molecule has 1 saturated heterocycles. The van der Waals surface area contributed by atoms with Crippen molar-refractivity contribution in [3.63, 3.8) is 0 Å². The Labute approximate surface area is 193 Å². The Morgan fingerprint density at radius 2 is 1.94 bits per heavy atom. The van der Waals surface area contributed by atoms with E-state index in [1.807, 2.05) is 55.6 Å². The molecule has 4 rings (SSSR count). The minimum absolute atomic E-state index is 0.242. The summed E-state index contributed by atoms with van der Waals surface area (Å²) in [6, 6.07) is 14.4. The Morgan fingerprint density at radius 1 is 1.16 bits per heavy atom. The van der Waals surface area contributed by atoms with Gasteiger partial charge in [-0.05, 0) is 49.9 Å². The zero-order chi connectivity index (χ0) is 22.7. The fourth-order valence-corrected chi connectivity index (χ4v) is 6.47. The molecule has 0 radical (unpaired) electrons. The number of rotatable bonds is 7. The van der Waals surface area contributed by atoms with Gasteiger partial charge in [0, 0.05) is 30.5 Å². The maximum atomic E-state index is 13.2. The Bertz CT molecular complexity index is 1210. The molecule has 0 saturated carbocycles. The van der Waals surface area contributed by atoms with Crippen LogP contribution in [0.3, 0.4) is 0 Å². The standard InChI is InChI=1S/C24H27N3O3S2/c1-17-10-11-21(15-18(17)2)32(29,30)27-14-6-9-22(27)23(28)25-13-12-20-16-31-24(26-20)19-7-4-3-5-8-19/h3-5,7-8,10-11,15-16,22H,6,9,12-14H2,1-2H3,(H,25,28)/t22-/m1/s1.